The Morgan fingerprint density at radius 3 is 2.00 bits per heavy atom. The Kier molecular flexibility index (Phi) is 1.96. The molecule has 0 radical (unpaired) electrons. The Morgan fingerprint density at radius 1 is 1.57 bits per heavy atom. The molecular weight excluding hydrogens is 88.1 g/mol. The molecular formula is C5H12N2. The Balaban J connectivity index is 3.56. The second-order valence-electron chi connectivity index (χ2n) is 2.21. The molecule has 0 fully saturated rings. The van der Waals surface area contributed by atoms with E-state index in [1.807, 2.05) is 13.8 Å². The maximum absolute atomic E-state index is 5.50. The van der Waals surface area contributed by atoms with Crippen LogP contribution in [0.15, 0.2) is 4.99 Å². The van der Waals surface area contributed by atoms with Crippen molar-refractivity contribution in [2.75, 3.05) is 7.05 Å². The smallest absolute Gasteiger partial charge is 0.0451 e. The highest BCUT2D eigenvalue weighted by atomic mass is 14.8. The molecule has 0 spiro atoms. The molecule has 0 heterocycles. The van der Waals surface area contributed by atoms with Gasteiger partial charge in [0, 0.05) is 18.8 Å². The number of nitrogens with two attached hydrogens (primary N) is 1. The Morgan fingerprint density at radius 2 is 2.00 bits per heavy atom. The average molecular weight is 100 g/mol. The molecule has 0 saturated heterocycles. The van der Waals surface area contributed by atoms with E-state index in [1.165, 1.54) is 0 Å². The highest BCUT2D eigenvalue weighted by Crippen LogP contribution is 1.88. The summed E-state index contributed by atoms with van der Waals surface area (Å²) in [6, 6.07) is 0. The Hall–Kier alpha value is -0.370. The van der Waals surface area contributed by atoms with Gasteiger partial charge in [-0.3, -0.25) is 4.99 Å². The first-order valence-electron chi connectivity index (χ1n) is 2.28. The zero-order chi connectivity index (χ0) is 5.91. The Bertz CT molecular complexity index is 68.6. The molecule has 2 nitrogen and oxygen atoms in total. The van der Waals surface area contributed by atoms with Gasteiger partial charge in [-0.1, -0.05) is 0 Å². The number of aliphatic imine (C=N–C) groups is 1. The zero-order valence-corrected chi connectivity index (χ0v) is 5.10. The van der Waals surface area contributed by atoms with Crippen molar-refractivity contribution in [3.05, 3.63) is 0 Å². The minimum Gasteiger partial charge on any atom is -0.321 e. The summed E-state index contributed by atoms with van der Waals surface area (Å²) in [7, 11) is 1.72. The third-order valence-electron chi connectivity index (χ3n) is 0.462. The van der Waals surface area contributed by atoms with Crippen molar-refractivity contribution in [2.45, 2.75) is 19.4 Å². The van der Waals surface area contributed by atoms with Crippen molar-refractivity contribution < 1.29 is 0 Å². The van der Waals surface area contributed by atoms with Gasteiger partial charge in [-0.05, 0) is 13.8 Å². The van der Waals surface area contributed by atoms with Crippen LogP contribution in [0, 0.1) is 0 Å². The minimum absolute atomic E-state index is 0.241. The van der Waals surface area contributed by atoms with Crippen molar-refractivity contribution in [1.82, 2.24) is 0 Å². The summed E-state index contributed by atoms with van der Waals surface area (Å²) in [6.07, 6.45) is 1.72. The number of hydrogen-bond donors (Lipinski definition) is 1. The van der Waals surface area contributed by atoms with E-state index < -0.39 is 0 Å². The van der Waals surface area contributed by atoms with E-state index in [9.17, 15) is 0 Å². The van der Waals surface area contributed by atoms with Crippen molar-refractivity contribution in [1.29, 1.82) is 0 Å². The second-order valence-corrected chi connectivity index (χ2v) is 2.21. The van der Waals surface area contributed by atoms with Crippen LogP contribution in [0.3, 0.4) is 0 Å². The lowest BCUT2D eigenvalue weighted by atomic mass is 10.1. The normalized spacial score (nSPS) is 13.1. The number of rotatable bonds is 1. The van der Waals surface area contributed by atoms with Crippen LogP contribution in [-0.2, 0) is 0 Å². The van der Waals surface area contributed by atoms with Crippen molar-refractivity contribution in [3.8, 4) is 0 Å². The van der Waals surface area contributed by atoms with Gasteiger partial charge in [0.15, 0.2) is 0 Å². The van der Waals surface area contributed by atoms with Gasteiger partial charge in [0.05, 0.1) is 0 Å². The molecule has 42 valence electrons. The second kappa shape index (κ2) is 2.07. The number of hydrogen-bond acceptors (Lipinski definition) is 2. The summed E-state index contributed by atoms with van der Waals surface area (Å²) in [6.45, 7) is 3.81. The molecule has 0 rings (SSSR count). The molecule has 2 N–H and O–H groups in total. The maximum atomic E-state index is 5.50. The van der Waals surface area contributed by atoms with Crippen LogP contribution in [0.25, 0.3) is 0 Å². The molecule has 0 aliphatic carbocycles. The molecule has 0 bridgehead atoms. The van der Waals surface area contributed by atoms with E-state index in [0.717, 1.165) is 0 Å². The lowest BCUT2D eigenvalue weighted by Crippen LogP contribution is -2.33. The molecule has 0 atom stereocenters. The van der Waals surface area contributed by atoms with Gasteiger partial charge in [-0.2, -0.15) is 0 Å². The quantitative estimate of drug-likeness (QED) is 0.476. The van der Waals surface area contributed by atoms with Crippen LogP contribution in [-0.4, -0.2) is 18.8 Å². The molecule has 0 aromatic carbocycles. The van der Waals surface area contributed by atoms with E-state index in [2.05, 4.69) is 4.99 Å². The lowest BCUT2D eigenvalue weighted by molar-refractivity contribution is 0.713. The van der Waals surface area contributed by atoms with Gasteiger partial charge in [-0.25, -0.2) is 0 Å². The first-order chi connectivity index (χ1) is 3.06. The fraction of sp³-hybridized carbons (Fsp3) is 0.800. The van der Waals surface area contributed by atoms with Crippen LogP contribution in [0.2, 0.25) is 0 Å². The van der Waals surface area contributed by atoms with Crippen molar-refractivity contribution >= 4 is 6.21 Å². The summed E-state index contributed by atoms with van der Waals surface area (Å²) in [4.78, 5) is 3.76. The molecule has 0 aromatic rings. The summed E-state index contributed by atoms with van der Waals surface area (Å²) in [5.41, 5.74) is 5.26. The van der Waals surface area contributed by atoms with E-state index in [1.54, 1.807) is 13.3 Å². The lowest BCUT2D eigenvalue weighted by Gasteiger charge is -2.08. The molecule has 0 unspecified atom stereocenters. The van der Waals surface area contributed by atoms with Crippen LogP contribution >= 0.6 is 0 Å². The largest absolute Gasteiger partial charge is 0.321 e. The molecule has 0 saturated carbocycles. The van der Waals surface area contributed by atoms with Gasteiger partial charge >= 0.3 is 0 Å². The third-order valence-corrected chi connectivity index (χ3v) is 0.462. The zero-order valence-electron chi connectivity index (χ0n) is 5.10. The average Bonchev–Trinajstić information content (AvgIpc) is 1.30. The first kappa shape index (κ1) is 6.63. The molecule has 0 aromatic heterocycles. The van der Waals surface area contributed by atoms with E-state index in [4.69, 9.17) is 5.73 Å². The van der Waals surface area contributed by atoms with Crippen LogP contribution in [0.1, 0.15) is 13.8 Å². The molecule has 0 aliphatic heterocycles. The summed E-state index contributed by atoms with van der Waals surface area (Å²) in [5.74, 6) is 0. The van der Waals surface area contributed by atoms with Crippen LogP contribution in [0.5, 0.6) is 0 Å². The summed E-state index contributed by atoms with van der Waals surface area (Å²) < 4.78 is 0. The fourth-order valence-corrected chi connectivity index (χ4v) is 0.333. The topological polar surface area (TPSA) is 38.4 Å². The SMILES string of the molecule is CN=CC(C)(C)N. The predicted octanol–water partition coefficient (Wildman–Crippen LogP) is 0.424. The van der Waals surface area contributed by atoms with Crippen molar-refractivity contribution in [2.24, 2.45) is 10.7 Å². The Labute approximate surface area is 44.4 Å². The molecule has 2 heteroatoms. The molecule has 7 heavy (non-hydrogen) atoms. The van der Waals surface area contributed by atoms with E-state index >= 15 is 0 Å². The standard InChI is InChI=1S/C5H12N2/c1-5(2,6)4-7-3/h4H,6H2,1-3H3. The predicted molar refractivity (Wildman–Crippen MR) is 32.7 cm³/mol. The van der Waals surface area contributed by atoms with Crippen LogP contribution < -0.4 is 5.73 Å². The first-order valence-corrected chi connectivity index (χ1v) is 2.28. The maximum Gasteiger partial charge on any atom is 0.0451 e. The van der Waals surface area contributed by atoms with Crippen LogP contribution in [0.4, 0.5) is 0 Å². The van der Waals surface area contributed by atoms with Crippen molar-refractivity contribution in [3.63, 3.8) is 0 Å². The van der Waals surface area contributed by atoms with Gasteiger partial charge in [0.2, 0.25) is 0 Å². The van der Waals surface area contributed by atoms with Gasteiger partial charge in [-0.15, -0.1) is 0 Å². The highest BCUT2D eigenvalue weighted by molar-refractivity contribution is 5.68. The van der Waals surface area contributed by atoms with E-state index in [-0.39, 0.29) is 5.54 Å². The fourth-order valence-electron chi connectivity index (χ4n) is 0.333. The molecule has 0 amide bonds. The molecule has 0 aliphatic rings. The monoisotopic (exact) mass is 100 g/mol. The third kappa shape index (κ3) is 5.63. The number of nitrogens with zero attached hydrogens (tertiary/aromatic N) is 1. The van der Waals surface area contributed by atoms with Gasteiger partial charge in [0.25, 0.3) is 0 Å². The highest BCUT2D eigenvalue weighted by Gasteiger charge is 2.02. The van der Waals surface area contributed by atoms with E-state index in [0.29, 0.717) is 0 Å². The summed E-state index contributed by atoms with van der Waals surface area (Å²) in [5, 5.41) is 0. The van der Waals surface area contributed by atoms with Gasteiger partial charge < -0.3 is 5.73 Å². The summed E-state index contributed by atoms with van der Waals surface area (Å²) >= 11 is 0. The minimum atomic E-state index is -0.241. The van der Waals surface area contributed by atoms with Gasteiger partial charge in [0.1, 0.15) is 0 Å².